The van der Waals surface area contributed by atoms with E-state index in [1.165, 1.54) is 25.1 Å². The summed E-state index contributed by atoms with van der Waals surface area (Å²) < 4.78 is 134. The van der Waals surface area contributed by atoms with Crippen molar-refractivity contribution < 1.29 is 53.8 Å². The number of hydrogen-bond donors (Lipinski definition) is 0. The number of likely N-dealkylation sites (tertiary alicyclic amines) is 1. The minimum Gasteiger partial charge on any atom is -0.450 e. The van der Waals surface area contributed by atoms with Crippen LogP contribution < -0.4 is 4.90 Å². The van der Waals surface area contributed by atoms with Crippen LogP contribution in [0.3, 0.4) is 0 Å². The van der Waals surface area contributed by atoms with Crippen molar-refractivity contribution in [1.29, 1.82) is 0 Å². The molecule has 18 heteroatoms. The molecule has 1 unspecified atom stereocenters. The molecule has 0 saturated carbocycles. The van der Waals surface area contributed by atoms with Crippen LogP contribution in [0.15, 0.2) is 36.4 Å². The number of nitrogens with zero attached hydrogens (tertiary/aromatic N) is 6. The van der Waals surface area contributed by atoms with E-state index in [0.29, 0.717) is 43.6 Å². The van der Waals surface area contributed by atoms with Crippen molar-refractivity contribution in [1.82, 2.24) is 25.1 Å². The Hall–Kier alpha value is -4.09. The fraction of sp³-hybridized carbons (Fsp3) is 0.517. The smallest absolute Gasteiger partial charge is 0.416 e. The Morgan fingerprint density at radius 2 is 1.51 bits per heavy atom. The van der Waals surface area contributed by atoms with Crippen LogP contribution in [0.5, 0.6) is 0 Å². The van der Waals surface area contributed by atoms with Gasteiger partial charge in [-0.3, -0.25) is 0 Å². The second-order valence-electron chi connectivity index (χ2n) is 10.9. The Balaban J connectivity index is 1.75. The molecule has 258 valence electrons. The van der Waals surface area contributed by atoms with Crippen molar-refractivity contribution >= 4 is 12.0 Å². The van der Waals surface area contributed by atoms with Gasteiger partial charge in [-0.05, 0) is 77.9 Å². The van der Waals surface area contributed by atoms with E-state index in [9.17, 15) is 44.3 Å². The predicted octanol–water partition coefficient (Wildman–Crippen LogP) is 7.03. The molecule has 0 bridgehead atoms. The monoisotopic (exact) mass is 682 g/mol. The largest absolute Gasteiger partial charge is 0.450 e. The number of methoxy groups -OCH3 is 1. The molecule has 0 spiro atoms. The van der Waals surface area contributed by atoms with E-state index in [1.807, 2.05) is 0 Å². The average Bonchev–Trinajstić information content (AvgIpc) is 3.43. The molecule has 1 aliphatic heterocycles. The third kappa shape index (κ3) is 8.84. The summed E-state index contributed by atoms with van der Waals surface area (Å²) in [7, 11) is 2.73. The van der Waals surface area contributed by atoms with Gasteiger partial charge in [0.05, 0.1) is 36.4 Å². The molecule has 9 nitrogen and oxygen atoms in total. The lowest BCUT2D eigenvalue weighted by molar-refractivity contribution is -0.143. The van der Waals surface area contributed by atoms with E-state index in [-0.39, 0.29) is 30.1 Å². The van der Waals surface area contributed by atoms with Crippen molar-refractivity contribution in [3.8, 4) is 0 Å². The lowest BCUT2D eigenvalue weighted by atomic mass is 9.85. The quantitative estimate of drug-likeness (QED) is 0.224. The van der Waals surface area contributed by atoms with Gasteiger partial charge in [-0.15, -0.1) is 5.10 Å². The lowest BCUT2D eigenvalue weighted by Gasteiger charge is -2.36. The molecular weight excluding hydrogens is 651 g/mol. The fourth-order valence-electron chi connectivity index (χ4n) is 5.50. The molecular formula is C29H31F9N6O3. The number of rotatable bonds is 9. The number of aromatic nitrogens is 4. The summed E-state index contributed by atoms with van der Waals surface area (Å²) in [5.74, 6) is -0.513. The van der Waals surface area contributed by atoms with Crippen molar-refractivity contribution in [3.05, 3.63) is 69.8 Å². The van der Waals surface area contributed by atoms with Crippen molar-refractivity contribution in [3.63, 3.8) is 0 Å². The van der Waals surface area contributed by atoms with Crippen LogP contribution in [-0.4, -0.2) is 58.0 Å². The van der Waals surface area contributed by atoms with Gasteiger partial charge in [0.15, 0.2) is 0 Å². The first-order valence-electron chi connectivity index (χ1n) is 14.3. The number of carbonyl (C=O) groups excluding carboxylic acids is 1. The molecule has 1 aromatic heterocycles. The zero-order chi connectivity index (χ0) is 34.7. The Bertz CT molecular complexity index is 1500. The summed E-state index contributed by atoms with van der Waals surface area (Å²) in [6.07, 6.45) is -15.5. The van der Waals surface area contributed by atoms with Crippen LogP contribution in [0.2, 0.25) is 0 Å². The first-order valence-corrected chi connectivity index (χ1v) is 14.3. The van der Waals surface area contributed by atoms with E-state index >= 15 is 0 Å². The predicted molar refractivity (Wildman–Crippen MR) is 148 cm³/mol. The highest BCUT2D eigenvalue weighted by Gasteiger charge is 2.38. The number of benzene rings is 2. The van der Waals surface area contributed by atoms with Crippen molar-refractivity contribution in [2.24, 2.45) is 13.0 Å². The number of aryl methyl sites for hydroxylation is 1. The van der Waals surface area contributed by atoms with E-state index in [0.717, 1.165) is 21.8 Å². The number of carbonyl (C=O) groups is 1. The maximum Gasteiger partial charge on any atom is 0.416 e. The molecule has 0 N–H and O–H groups in total. The van der Waals surface area contributed by atoms with E-state index < -0.39 is 66.1 Å². The summed E-state index contributed by atoms with van der Waals surface area (Å²) in [5.41, 5.74) is -4.25. The number of piperidine rings is 1. The highest BCUT2D eigenvalue weighted by molar-refractivity contribution is 5.67. The van der Waals surface area contributed by atoms with Crippen LogP contribution in [0.4, 0.5) is 50.3 Å². The number of halogens is 9. The van der Waals surface area contributed by atoms with Gasteiger partial charge in [-0.2, -0.15) is 44.3 Å². The Morgan fingerprint density at radius 1 is 0.915 bits per heavy atom. The maximum atomic E-state index is 13.9. The normalized spacial score (nSPS) is 15.5. The summed E-state index contributed by atoms with van der Waals surface area (Å²) in [6.45, 7) is 1.33. The molecule has 2 heterocycles. The topological polar surface area (TPSA) is 85.6 Å². The molecule has 2 aromatic carbocycles. The zero-order valence-corrected chi connectivity index (χ0v) is 25.4. The third-order valence-electron chi connectivity index (χ3n) is 7.69. The zero-order valence-electron chi connectivity index (χ0n) is 25.4. The molecule has 1 saturated heterocycles. The fourth-order valence-corrected chi connectivity index (χ4v) is 5.50. The Labute approximate surface area is 263 Å². The highest BCUT2D eigenvalue weighted by atomic mass is 19.4. The first-order chi connectivity index (χ1) is 21.9. The van der Waals surface area contributed by atoms with Crippen molar-refractivity contribution in [2.75, 3.05) is 31.7 Å². The summed E-state index contributed by atoms with van der Waals surface area (Å²) >= 11 is 0. The highest BCUT2D eigenvalue weighted by Crippen LogP contribution is 2.40. The number of ether oxygens (including phenoxy) is 2. The van der Waals surface area contributed by atoms with Gasteiger partial charge in [0.1, 0.15) is 0 Å². The summed E-state index contributed by atoms with van der Waals surface area (Å²) in [5, 5.41) is 11.5. The van der Waals surface area contributed by atoms with Crippen LogP contribution in [-0.2, 0) is 48.1 Å². The van der Waals surface area contributed by atoms with Crippen LogP contribution in [0.1, 0.15) is 59.3 Å². The lowest BCUT2D eigenvalue weighted by Crippen LogP contribution is -2.40. The molecule has 47 heavy (non-hydrogen) atoms. The summed E-state index contributed by atoms with van der Waals surface area (Å²) in [4.78, 5) is 15.8. The van der Waals surface area contributed by atoms with Gasteiger partial charge in [-0.1, -0.05) is 11.2 Å². The minimum absolute atomic E-state index is 0.0181. The Morgan fingerprint density at radius 3 is 2.00 bits per heavy atom. The number of anilines is 1. The average molecular weight is 683 g/mol. The van der Waals surface area contributed by atoms with Gasteiger partial charge in [-0.25, -0.2) is 4.79 Å². The van der Waals surface area contributed by atoms with Gasteiger partial charge in [0, 0.05) is 33.3 Å². The van der Waals surface area contributed by atoms with Gasteiger partial charge < -0.3 is 19.3 Å². The van der Waals surface area contributed by atoms with Crippen molar-refractivity contribution in [2.45, 2.75) is 57.5 Å². The molecule has 4 rings (SSSR count). The molecule has 3 aromatic rings. The van der Waals surface area contributed by atoms with E-state index in [2.05, 4.69) is 15.4 Å². The first kappa shape index (κ1) is 35.8. The molecule has 1 aliphatic rings. The molecule has 0 aliphatic carbocycles. The Kier molecular flexibility index (Phi) is 10.6. The van der Waals surface area contributed by atoms with Crippen LogP contribution in [0.25, 0.3) is 0 Å². The third-order valence-corrected chi connectivity index (χ3v) is 7.69. The van der Waals surface area contributed by atoms with Gasteiger partial charge in [0.2, 0.25) is 0 Å². The number of alkyl halides is 9. The van der Waals surface area contributed by atoms with Gasteiger partial charge >= 0.3 is 24.6 Å². The van der Waals surface area contributed by atoms with Gasteiger partial charge in [0.25, 0.3) is 5.95 Å². The minimum atomic E-state index is -5.12. The van der Waals surface area contributed by atoms with E-state index in [1.54, 1.807) is 6.92 Å². The second-order valence-corrected chi connectivity index (χ2v) is 10.9. The molecule has 1 atom stereocenters. The molecule has 0 radical (unpaired) electrons. The molecule has 1 fully saturated rings. The molecule has 1 amide bonds. The van der Waals surface area contributed by atoms with Crippen LogP contribution in [0, 0.1) is 5.92 Å². The standard InChI is InChI=1S/C29H31F9N6O3/c1-4-47-26(45)43-9-7-18(8-10-43)24(46-3)23-6-5-20(27(30,31)32)13-19(23)16-44(25-39-41-42(2)40-25)15-17-11-21(28(33,34)35)14-22(12-17)29(36,37)38/h5-6,11-14,18,24H,4,7-10,15-16H2,1-3H3. The number of hydrogen-bond acceptors (Lipinski definition) is 7. The number of amides is 1. The van der Waals surface area contributed by atoms with Crippen LogP contribution >= 0.6 is 0 Å². The second kappa shape index (κ2) is 13.9. The SMILES string of the molecule is CCOC(=O)N1CCC(C(OC)c2ccc(C(F)(F)F)cc2CN(Cc2cc(C(F)(F)F)cc(C(F)(F)F)c2)c2nnn(C)n2)CC1. The summed E-state index contributed by atoms with van der Waals surface area (Å²) in [6, 6.07) is 3.99. The van der Waals surface area contributed by atoms with E-state index in [4.69, 9.17) is 9.47 Å². The maximum absolute atomic E-state index is 13.9. The number of tetrazole rings is 1.